The first kappa shape index (κ1) is 10.4. The fraction of sp³-hybridized carbons (Fsp3) is 0. The average Bonchev–Trinajstić information content (AvgIpc) is 0.722. The second-order valence-corrected chi connectivity index (χ2v) is 3.00. The van der Waals surface area contributed by atoms with E-state index >= 15 is 0 Å². The van der Waals surface area contributed by atoms with Crippen LogP contribution in [0.5, 0.6) is 0 Å². The molecule has 0 aromatic carbocycles. The van der Waals surface area contributed by atoms with E-state index < -0.39 is 20.1 Å². The number of rotatable bonds is 0. The van der Waals surface area contributed by atoms with Crippen LogP contribution in [0.15, 0.2) is 0 Å². The van der Waals surface area contributed by atoms with Gasteiger partial charge in [-0.3, -0.25) is 0 Å². The van der Waals surface area contributed by atoms with E-state index in [4.69, 9.17) is 13.2 Å². The Labute approximate surface area is 60.0 Å². The van der Waals surface area contributed by atoms with Crippen molar-refractivity contribution in [3.05, 3.63) is 0 Å². The third-order valence-electron chi connectivity index (χ3n) is 0. The van der Waals surface area contributed by atoms with Gasteiger partial charge in [0.05, 0.1) is 0 Å². The standard InChI is InChI=1S/4O.Pb.Sb/q;3*-1;;. The molecule has 4 radical (unpaired) electrons. The van der Waals surface area contributed by atoms with Gasteiger partial charge >= 0.3 is 33.2 Å². The Balaban J connectivity index is 0. The molecule has 0 aliphatic heterocycles. The second-order valence-electron chi connectivity index (χ2n) is 0.447. The van der Waals surface area contributed by atoms with Gasteiger partial charge in [-0.15, -0.1) is 0 Å². The van der Waals surface area contributed by atoms with Crippen LogP contribution in [-0.4, -0.2) is 47.4 Å². The van der Waals surface area contributed by atoms with Gasteiger partial charge < -0.3 is 0 Å². The van der Waals surface area contributed by atoms with E-state index in [0.29, 0.717) is 0 Å². The molecular weight excluding hydrogens is 393 g/mol. The first-order chi connectivity index (χ1) is 2.00. The Kier molecular flexibility index (Phi) is 5.94. The Morgan fingerprint density at radius 3 is 1.17 bits per heavy atom. The summed E-state index contributed by atoms with van der Waals surface area (Å²) in [5.74, 6) is 0. The minimum absolute atomic E-state index is 0. The van der Waals surface area contributed by atoms with Crippen LogP contribution < -0.4 is 10.2 Å². The van der Waals surface area contributed by atoms with Crippen molar-refractivity contribution in [3.63, 3.8) is 0 Å². The monoisotopic (exact) mass is 393 g/mol. The molecule has 0 fully saturated rings. The average molecular weight is 393 g/mol. The van der Waals surface area contributed by atoms with Crippen molar-refractivity contribution in [1.82, 2.24) is 0 Å². The van der Waals surface area contributed by atoms with Gasteiger partial charge in [0.25, 0.3) is 0 Å². The predicted molar refractivity (Wildman–Crippen MR) is 12.2 cm³/mol. The molecule has 0 unspecified atom stereocenters. The summed E-state index contributed by atoms with van der Waals surface area (Å²) in [5.41, 5.74) is 0. The van der Waals surface area contributed by atoms with Crippen LogP contribution in [0.3, 0.4) is 0 Å². The molecule has 0 aromatic heterocycles. The van der Waals surface area contributed by atoms with Crippen LogP contribution in [0, 0.1) is 0 Å². The van der Waals surface area contributed by atoms with Gasteiger partial charge in [-0.05, 0) is 0 Å². The van der Waals surface area contributed by atoms with E-state index in [1.165, 1.54) is 0 Å². The zero-order valence-corrected chi connectivity index (χ0v) is 9.02. The van der Waals surface area contributed by atoms with Crippen LogP contribution in [-0.2, 0) is 3.02 Å². The third kappa shape index (κ3) is 52.5. The summed E-state index contributed by atoms with van der Waals surface area (Å²) in [7, 11) is 0. The molecule has 0 aliphatic rings. The van der Waals surface area contributed by atoms with Gasteiger partial charge in [-0.2, -0.15) is 0 Å². The molecule has 0 aliphatic carbocycles. The predicted octanol–water partition coefficient (Wildman–Crippen LogP) is -4.45. The summed E-state index contributed by atoms with van der Waals surface area (Å²) in [5, 5.41) is 0. The van der Waals surface area contributed by atoms with Crippen molar-refractivity contribution in [3.8, 4) is 0 Å². The van der Waals surface area contributed by atoms with E-state index in [1.54, 1.807) is 0 Å². The summed E-state index contributed by atoms with van der Waals surface area (Å²) >= 11 is -6.10. The normalized spacial score (nSPS) is 9.83. The van der Waals surface area contributed by atoms with Crippen LogP contribution in [0.4, 0.5) is 0 Å². The van der Waals surface area contributed by atoms with Crippen molar-refractivity contribution in [2.45, 2.75) is 0 Å². The Morgan fingerprint density at radius 2 is 1.17 bits per heavy atom. The minimum Gasteiger partial charge on any atom is 0 e. The topological polar surface area (TPSA) is 86.2 Å². The molecule has 0 bridgehead atoms. The molecule has 0 amide bonds. The molecular formula is O4PbSb-3. The molecule has 0 spiro atoms. The molecule has 0 N–H and O–H groups in total. The van der Waals surface area contributed by atoms with E-state index in [1.807, 2.05) is 0 Å². The summed E-state index contributed by atoms with van der Waals surface area (Å²) in [6.07, 6.45) is 0. The van der Waals surface area contributed by atoms with Gasteiger partial charge in [-0.25, -0.2) is 0 Å². The van der Waals surface area contributed by atoms with Gasteiger partial charge in [0.1, 0.15) is 0 Å². The molecule has 0 aromatic rings. The van der Waals surface area contributed by atoms with Gasteiger partial charge in [0, 0.05) is 27.3 Å². The van der Waals surface area contributed by atoms with E-state index in [9.17, 15) is 0 Å². The second kappa shape index (κ2) is 3.43. The molecule has 4 nitrogen and oxygen atoms in total. The largest absolute Gasteiger partial charge is 0 e. The van der Waals surface area contributed by atoms with Crippen molar-refractivity contribution in [2.75, 3.05) is 0 Å². The van der Waals surface area contributed by atoms with Gasteiger partial charge in [0.2, 0.25) is 0 Å². The maximum atomic E-state index is 8.64. The van der Waals surface area contributed by atoms with Crippen molar-refractivity contribution >= 4 is 47.4 Å². The maximum Gasteiger partial charge on any atom is 0 e. The third-order valence-corrected chi connectivity index (χ3v) is 0. The number of hydrogen-bond donors (Lipinski definition) is 0. The Bertz CT molecular complexity index is 53.7. The van der Waals surface area contributed by atoms with E-state index in [0.717, 1.165) is 0 Å². The molecule has 0 saturated heterocycles. The molecule has 0 atom stereocenters. The van der Waals surface area contributed by atoms with Crippen molar-refractivity contribution < 1.29 is 13.2 Å². The molecule has 0 saturated carbocycles. The molecule has 6 heteroatoms. The summed E-state index contributed by atoms with van der Waals surface area (Å²) in [6, 6.07) is 0. The quantitative estimate of drug-likeness (QED) is 0.389. The fourth-order valence-electron chi connectivity index (χ4n) is 0. The smallest absolute Gasteiger partial charge is 0 e. The number of hydrogen-bond acceptors (Lipinski definition) is 4. The molecule has 6 heavy (non-hydrogen) atoms. The molecule has 0 heterocycles. The van der Waals surface area contributed by atoms with E-state index in [2.05, 4.69) is 0 Å². The summed E-state index contributed by atoms with van der Waals surface area (Å²) < 4.78 is 34.6. The van der Waals surface area contributed by atoms with Crippen molar-refractivity contribution in [1.29, 1.82) is 0 Å². The molecule has 0 rings (SSSR count). The fourth-order valence-corrected chi connectivity index (χ4v) is 0. The Hall–Kier alpha value is 1.42. The van der Waals surface area contributed by atoms with Crippen LogP contribution in [0.25, 0.3) is 0 Å². The summed E-state index contributed by atoms with van der Waals surface area (Å²) in [4.78, 5) is 0. The first-order valence-electron chi connectivity index (χ1n) is 0.730. The minimum atomic E-state index is -6.10. The summed E-state index contributed by atoms with van der Waals surface area (Å²) in [6.45, 7) is 0. The Morgan fingerprint density at radius 1 is 1.17 bits per heavy atom. The zero-order valence-electron chi connectivity index (χ0n) is 2.58. The maximum absolute atomic E-state index is 8.64. The van der Waals surface area contributed by atoms with Crippen LogP contribution in [0.2, 0.25) is 0 Å². The van der Waals surface area contributed by atoms with Crippen LogP contribution in [0.1, 0.15) is 0 Å². The zero-order chi connectivity index (χ0) is 4.50. The molecule has 36 valence electrons. The van der Waals surface area contributed by atoms with Crippen molar-refractivity contribution in [2.24, 2.45) is 0 Å². The SMILES string of the molecule is [O]=[Sb]([O-])([O-])[O-].[Pb]. The van der Waals surface area contributed by atoms with E-state index in [-0.39, 0.29) is 27.3 Å². The first-order valence-corrected chi connectivity index (χ1v) is 4.90. The van der Waals surface area contributed by atoms with Crippen LogP contribution >= 0.6 is 0 Å². The van der Waals surface area contributed by atoms with Gasteiger partial charge in [-0.1, -0.05) is 0 Å². The van der Waals surface area contributed by atoms with Gasteiger partial charge in [0.15, 0.2) is 0 Å².